The summed E-state index contributed by atoms with van der Waals surface area (Å²) in [5.41, 5.74) is 5.70. The molecule has 8 atom stereocenters. The summed E-state index contributed by atoms with van der Waals surface area (Å²) >= 11 is 0. The molecule has 1 saturated heterocycles. The van der Waals surface area contributed by atoms with E-state index in [-0.39, 0.29) is 63.2 Å². The molecule has 0 spiro atoms. The number of phenolic OH excluding ortho intramolecular Hbond substituents is 10. The molecule has 8 aromatic carbocycles. The molecule has 13 heteroatoms. The summed E-state index contributed by atoms with van der Waals surface area (Å²) in [6.07, 6.45) is -3.37. The van der Waals surface area contributed by atoms with E-state index in [4.69, 9.17) is 14.2 Å². The van der Waals surface area contributed by atoms with Crippen molar-refractivity contribution in [1.82, 2.24) is 0 Å². The number of fused-ring (bicyclic) bond motifs is 2. The third-order valence-corrected chi connectivity index (χ3v) is 13.6. The van der Waals surface area contributed by atoms with Crippen molar-refractivity contribution in [2.45, 2.75) is 48.1 Å². The number of aromatic hydroxyl groups is 10. The fraction of sp³-hybridized carbons (Fsp3) is 0.143. The lowest BCUT2D eigenvalue weighted by molar-refractivity contribution is 0.0366. The van der Waals surface area contributed by atoms with Crippen LogP contribution >= 0.6 is 0 Å². The Balaban J connectivity index is 1.20. The highest BCUT2D eigenvalue weighted by molar-refractivity contribution is 5.65. The van der Waals surface area contributed by atoms with Gasteiger partial charge in [-0.1, -0.05) is 48.5 Å². The lowest BCUT2D eigenvalue weighted by atomic mass is 9.70. The van der Waals surface area contributed by atoms with Crippen LogP contribution in [0.25, 0.3) is 0 Å². The van der Waals surface area contributed by atoms with Gasteiger partial charge in [0.05, 0.1) is 24.0 Å². The third kappa shape index (κ3) is 7.68. The van der Waals surface area contributed by atoms with E-state index in [0.29, 0.717) is 61.4 Å². The smallest absolute Gasteiger partial charge is 0.135 e. The molecule has 1 fully saturated rings. The van der Waals surface area contributed by atoms with Crippen LogP contribution in [0.1, 0.15) is 104 Å². The van der Waals surface area contributed by atoms with Crippen molar-refractivity contribution in [3.63, 3.8) is 0 Å². The van der Waals surface area contributed by atoms with Crippen molar-refractivity contribution in [1.29, 1.82) is 0 Å². The van der Waals surface area contributed by atoms with E-state index >= 15 is 0 Å². The fourth-order valence-corrected chi connectivity index (χ4v) is 10.8. The summed E-state index contributed by atoms with van der Waals surface area (Å²) in [4.78, 5) is 0. The largest absolute Gasteiger partial charge is 0.508 e. The van der Waals surface area contributed by atoms with E-state index in [1.54, 1.807) is 84.9 Å². The van der Waals surface area contributed by atoms with Crippen molar-refractivity contribution < 1.29 is 65.3 Å². The minimum atomic E-state index is -0.899. The Hall–Kier alpha value is -8.68. The first-order valence-corrected chi connectivity index (χ1v) is 22.2. The Kier molecular flexibility index (Phi) is 10.3. The average Bonchev–Trinajstić information content (AvgIpc) is 4.01. The van der Waals surface area contributed by atoms with Crippen LogP contribution in [0.15, 0.2) is 158 Å². The van der Waals surface area contributed by atoms with Crippen molar-refractivity contribution in [2.24, 2.45) is 0 Å². The zero-order valence-corrected chi connectivity index (χ0v) is 36.3. The summed E-state index contributed by atoms with van der Waals surface area (Å²) in [6.45, 7) is 0. The molecule has 0 unspecified atom stereocenters. The first kappa shape index (κ1) is 42.9. The van der Waals surface area contributed by atoms with Crippen LogP contribution < -0.4 is 9.47 Å². The summed E-state index contributed by atoms with van der Waals surface area (Å²) in [7, 11) is 0. The van der Waals surface area contributed by atoms with Gasteiger partial charge in [0, 0.05) is 47.2 Å². The molecule has 0 aromatic heterocycles. The first-order valence-electron chi connectivity index (χ1n) is 22.2. The molecule has 0 amide bonds. The molecule has 8 aromatic rings. The molecule has 3 aliphatic heterocycles. The van der Waals surface area contributed by atoms with E-state index in [1.165, 1.54) is 72.8 Å². The van der Waals surface area contributed by atoms with Crippen LogP contribution in [0.5, 0.6) is 69.0 Å². The molecular formula is C56H44O13. The summed E-state index contributed by atoms with van der Waals surface area (Å²) < 4.78 is 20.9. The number of ether oxygens (including phenoxy) is 3. The van der Waals surface area contributed by atoms with Gasteiger partial charge in [0.25, 0.3) is 0 Å². The standard InChI is InChI=1S/C56H44O13/c57-33-9-1-27(2-10-33)53-47(31-17-37(61)21-38(62)18-31)49-43(23-41(65)25-45(49)67-53)52-50-44(24-42(66)26-46(50)68-55(52)29-5-13-35(59)14-6-29)51-48(32-19-39(63)22-40(64)20-32)54(28-3-11-34(58)12-4-28)69-56(51)30-7-15-36(60)16-8-30/h1-26,47-48,51-66H/t47-,48+,51-,52-,53+,54+,55+,56-/m1/s1. The molecule has 346 valence electrons. The normalized spacial score (nSPS) is 22.4. The molecule has 3 heterocycles. The van der Waals surface area contributed by atoms with Gasteiger partial charge in [0.2, 0.25) is 0 Å². The molecule has 10 N–H and O–H groups in total. The van der Waals surface area contributed by atoms with Crippen LogP contribution in [0.2, 0.25) is 0 Å². The molecule has 0 bridgehead atoms. The Morgan fingerprint density at radius 1 is 0.261 bits per heavy atom. The molecule has 0 radical (unpaired) electrons. The Morgan fingerprint density at radius 3 is 1.03 bits per heavy atom. The minimum Gasteiger partial charge on any atom is -0.508 e. The van der Waals surface area contributed by atoms with Crippen LogP contribution in [0, 0.1) is 0 Å². The van der Waals surface area contributed by atoms with Crippen molar-refractivity contribution in [3.8, 4) is 69.0 Å². The summed E-state index contributed by atoms with van der Waals surface area (Å²) in [5.74, 6) is -3.64. The Bertz CT molecular complexity index is 3200. The van der Waals surface area contributed by atoms with Gasteiger partial charge in [-0.25, -0.2) is 0 Å². The molecule has 3 aliphatic rings. The minimum absolute atomic E-state index is 0.00798. The predicted octanol–water partition coefficient (Wildman–Crippen LogP) is 10.7. The molecule has 13 nitrogen and oxygen atoms in total. The van der Waals surface area contributed by atoms with Gasteiger partial charge < -0.3 is 65.3 Å². The number of rotatable bonds is 8. The zero-order chi connectivity index (χ0) is 47.8. The van der Waals surface area contributed by atoms with E-state index in [9.17, 15) is 51.1 Å². The van der Waals surface area contributed by atoms with Gasteiger partial charge in [-0.15, -0.1) is 0 Å². The number of phenols is 10. The highest BCUT2D eigenvalue weighted by Crippen LogP contribution is 2.65. The lowest BCUT2D eigenvalue weighted by Crippen LogP contribution is -2.19. The monoisotopic (exact) mass is 924 g/mol. The fourth-order valence-electron chi connectivity index (χ4n) is 10.8. The molecular weight excluding hydrogens is 881 g/mol. The van der Waals surface area contributed by atoms with E-state index in [2.05, 4.69) is 0 Å². The number of benzene rings is 8. The molecule has 0 aliphatic carbocycles. The average molecular weight is 925 g/mol. The summed E-state index contributed by atoms with van der Waals surface area (Å²) in [6, 6.07) is 40.9. The van der Waals surface area contributed by atoms with Gasteiger partial charge in [-0.05, 0) is 129 Å². The molecule has 11 rings (SSSR count). The van der Waals surface area contributed by atoms with E-state index in [1.807, 2.05) is 0 Å². The second-order valence-electron chi connectivity index (χ2n) is 17.9. The first-order chi connectivity index (χ1) is 33.3. The highest BCUT2D eigenvalue weighted by atomic mass is 16.5. The van der Waals surface area contributed by atoms with Gasteiger partial charge in [0.15, 0.2) is 0 Å². The number of hydrogen-bond acceptors (Lipinski definition) is 13. The topological polar surface area (TPSA) is 230 Å². The van der Waals surface area contributed by atoms with Gasteiger partial charge >= 0.3 is 0 Å². The van der Waals surface area contributed by atoms with Crippen molar-refractivity contribution >= 4 is 0 Å². The van der Waals surface area contributed by atoms with E-state index in [0.717, 1.165) is 0 Å². The summed E-state index contributed by atoms with van der Waals surface area (Å²) in [5, 5.41) is 109. The lowest BCUT2D eigenvalue weighted by Gasteiger charge is -2.30. The maximum Gasteiger partial charge on any atom is 0.135 e. The second-order valence-corrected chi connectivity index (χ2v) is 17.9. The SMILES string of the molecule is Oc1ccc([C@H]2O[C@@H](c3ccc(O)cc3)[C@@H](c3cc(O)cc(O)c3)[C@H]2c2cc(O)cc3c2[C@@H](c2cc(O)cc4c2[C@@H](c2cc(O)cc(O)c2)[C@H](c2ccc(O)cc2)O4)[C@H](c2ccc(O)cc2)O3)cc1. The number of hydrogen-bond donors (Lipinski definition) is 10. The Labute approximate surface area is 394 Å². The van der Waals surface area contributed by atoms with Gasteiger partial charge in [0.1, 0.15) is 81.2 Å². The zero-order valence-electron chi connectivity index (χ0n) is 36.3. The third-order valence-electron chi connectivity index (χ3n) is 13.6. The maximum absolute atomic E-state index is 11.8. The van der Waals surface area contributed by atoms with Crippen LogP contribution in [0.4, 0.5) is 0 Å². The molecule has 69 heavy (non-hydrogen) atoms. The Morgan fingerprint density at radius 2 is 0.594 bits per heavy atom. The van der Waals surface area contributed by atoms with Gasteiger partial charge in [-0.3, -0.25) is 0 Å². The second kappa shape index (κ2) is 16.6. The maximum atomic E-state index is 11.8. The van der Waals surface area contributed by atoms with Gasteiger partial charge in [-0.2, -0.15) is 0 Å². The van der Waals surface area contributed by atoms with Crippen molar-refractivity contribution in [2.75, 3.05) is 0 Å². The van der Waals surface area contributed by atoms with Crippen LogP contribution in [-0.2, 0) is 4.74 Å². The molecule has 0 saturated carbocycles. The predicted molar refractivity (Wildman–Crippen MR) is 251 cm³/mol. The van der Waals surface area contributed by atoms with Crippen LogP contribution in [-0.4, -0.2) is 51.1 Å². The van der Waals surface area contributed by atoms with E-state index < -0.39 is 48.1 Å². The van der Waals surface area contributed by atoms with Crippen molar-refractivity contribution in [3.05, 3.63) is 213 Å². The van der Waals surface area contributed by atoms with Crippen LogP contribution in [0.3, 0.4) is 0 Å². The quantitative estimate of drug-likeness (QED) is 0.0685. The highest BCUT2D eigenvalue weighted by Gasteiger charge is 2.52.